The third kappa shape index (κ3) is 3.25. The molecular weight excluding hydrogens is 394 g/mol. The zero-order valence-electron chi connectivity index (χ0n) is 14.6. The van der Waals surface area contributed by atoms with Gasteiger partial charge in [-0.1, -0.05) is 30.0 Å². The minimum absolute atomic E-state index is 0.103. The second-order valence-electron chi connectivity index (χ2n) is 6.15. The van der Waals surface area contributed by atoms with Crippen LogP contribution in [0.1, 0.15) is 0 Å². The number of aliphatic imine (C=N–C) groups is 1. The maximum Gasteiger partial charge on any atom is 0.234 e. The number of fused-ring (bicyclic) bond motifs is 3. The van der Waals surface area contributed by atoms with Gasteiger partial charge in [-0.2, -0.15) is 4.68 Å². The molecule has 1 aromatic heterocycles. The van der Waals surface area contributed by atoms with E-state index in [1.807, 2.05) is 48.5 Å². The van der Waals surface area contributed by atoms with Crippen molar-refractivity contribution < 1.29 is 4.79 Å². The summed E-state index contributed by atoms with van der Waals surface area (Å²) in [6, 6.07) is 15.6. The van der Waals surface area contributed by atoms with E-state index in [4.69, 9.17) is 0 Å². The van der Waals surface area contributed by atoms with Crippen LogP contribution >= 0.6 is 23.5 Å². The molecule has 0 bridgehead atoms. The van der Waals surface area contributed by atoms with E-state index in [1.54, 1.807) is 16.4 Å². The average Bonchev–Trinajstić information content (AvgIpc) is 3.43. The van der Waals surface area contributed by atoms with E-state index in [9.17, 15) is 4.79 Å². The molecule has 0 fully saturated rings. The minimum Gasteiger partial charge on any atom is -0.325 e. The molecule has 3 aromatic rings. The fraction of sp³-hybridized carbons (Fsp3) is 0.167. The number of aromatic nitrogens is 4. The van der Waals surface area contributed by atoms with Crippen molar-refractivity contribution in [2.24, 2.45) is 4.99 Å². The van der Waals surface area contributed by atoms with Crippen molar-refractivity contribution in [3.63, 3.8) is 0 Å². The molecule has 5 rings (SSSR count). The average molecular weight is 410 g/mol. The molecule has 0 unspecified atom stereocenters. The Balaban J connectivity index is 1.24. The van der Waals surface area contributed by atoms with Gasteiger partial charge in [-0.25, -0.2) is 0 Å². The lowest BCUT2D eigenvalue weighted by Gasteiger charge is -2.13. The third-order valence-corrected chi connectivity index (χ3v) is 6.33. The van der Waals surface area contributed by atoms with Crippen LogP contribution in [-0.2, 0) is 4.79 Å². The van der Waals surface area contributed by atoms with Crippen molar-refractivity contribution in [1.29, 1.82) is 0 Å². The van der Waals surface area contributed by atoms with Gasteiger partial charge >= 0.3 is 0 Å². The molecule has 0 spiro atoms. The maximum absolute atomic E-state index is 12.4. The number of thioether (sulfide) groups is 2. The van der Waals surface area contributed by atoms with E-state index in [0.29, 0.717) is 5.16 Å². The summed E-state index contributed by atoms with van der Waals surface area (Å²) >= 11 is 2.97. The summed E-state index contributed by atoms with van der Waals surface area (Å²) in [4.78, 5) is 20.3. The molecule has 0 atom stereocenters. The predicted octanol–water partition coefficient (Wildman–Crippen LogP) is 2.67. The predicted molar refractivity (Wildman–Crippen MR) is 110 cm³/mol. The van der Waals surface area contributed by atoms with Gasteiger partial charge in [0.15, 0.2) is 5.17 Å². The molecular formula is C18H15N7OS2. The van der Waals surface area contributed by atoms with E-state index >= 15 is 0 Å². The van der Waals surface area contributed by atoms with Gasteiger partial charge in [0.25, 0.3) is 0 Å². The number of amidine groups is 1. The molecule has 1 amide bonds. The molecule has 8 nitrogen and oxygen atoms in total. The van der Waals surface area contributed by atoms with Crippen LogP contribution in [0.15, 0.2) is 63.6 Å². The number of benzene rings is 2. The van der Waals surface area contributed by atoms with Crippen molar-refractivity contribution in [2.75, 3.05) is 29.1 Å². The highest BCUT2D eigenvalue weighted by molar-refractivity contribution is 8.14. The number of hydrogen-bond donors (Lipinski definition) is 1. The number of tetrazole rings is 1. The summed E-state index contributed by atoms with van der Waals surface area (Å²) in [5.74, 6) is 0.115. The fourth-order valence-corrected chi connectivity index (χ4v) is 4.81. The highest BCUT2D eigenvalue weighted by atomic mass is 32.2. The molecule has 0 saturated carbocycles. The third-order valence-electron chi connectivity index (χ3n) is 4.31. The van der Waals surface area contributed by atoms with Crippen molar-refractivity contribution in [1.82, 2.24) is 20.2 Å². The van der Waals surface area contributed by atoms with Gasteiger partial charge in [0.05, 0.1) is 23.7 Å². The number of carbonyl (C=O) groups is 1. The summed E-state index contributed by atoms with van der Waals surface area (Å²) < 4.78 is 1.62. The van der Waals surface area contributed by atoms with Crippen LogP contribution in [0.2, 0.25) is 0 Å². The smallest absolute Gasteiger partial charge is 0.234 e. The van der Waals surface area contributed by atoms with Gasteiger partial charge in [-0.15, -0.1) is 5.10 Å². The van der Waals surface area contributed by atoms with E-state index in [1.165, 1.54) is 16.7 Å². The maximum atomic E-state index is 12.4. The van der Waals surface area contributed by atoms with Gasteiger partial charge in [0.2, 0.25) is 11.1 Å². The zero-order valence-corrected chi connectivity index (χ0v) is 16.3. The summed E-state index contributed by atoms with van der Waals surface area (Å²) in [5, 5.41) is 16.3. The molecule has 2 aliphatic heterocycles. The number of nitrogens with zero attached hydrogens (tertiary/aromatic N) is 6. The largest absolute Gasteiger partial charge is 0.325 e. The molecule has 3 heterocycles. The van der Waals surface area contributed by atoms with Gasteiger partial charge in [0, 0.05) is 17.1 Å². The van der Waals surface area contributed by atoms with Crippen LogP contribution in [-0.4, -0.2) is 50.1 Å². The molecule has 2 aromatic carbocycles. The molecule has 28 heavy (non-hydrogen) atoms. The van der Waals surface area contributed by atoms with E-state index < -0.39 is 0 Å². The molecule has 0 aliphatic carbocycles. The number of rotatable bonds is 5. The quantitative estimate of drug-likeness (QED) is 0.648. The van der Waals surface area contributed by atoms with Crippen molar-refractivity contribution in [3.05, 3.63) is 48.5 Å². The monoisotopic (exact) mass is 409 g/mol. The Morgan fingerprint density at radius 1 is 1.21 bits per heavy atom. The first-order chi connectivity index (χ1) is 13.8. The Kier molecular flexibility index (Phi) is 4.49. The number of hydrogen-bond acceptors (Lipinski definition) is 8. The summed E-state index contributed by atoms with van der Waals surface area (Å²) in [5.41, 5.74) is 2.75. The molecule has 0 saturated heterocycles. The lowest BCUT2D eigenvalue weighted by Crippen LogP contribution is -2.21. The topological polar surface area (TPSA) is 88.3 Å². The number of anilines is 2. The first-order valence-electron chi connectivity index (χ1n) is 8.68. The van der Waals surface area contributed by atoms with Gasteiger partial charge in [-0.3, -0.25) is 9.79 Å². The summed E-state index contributed by atoms with van der Waals surface area (Å²) in [6.07, 6.45) is 0. The molecule has 10 heteroatoms. The van der Waals surface area contributed by atoms with Crippen LogP contribution < -0.4 is 10.2 Å². The fourth-order valence-electron chi connectivity index (χ4n) is 3.06. The molecule has 2 aliphatic rings. The number of para-hydroxylation sites is 1. The Morgan fingerprint density at radius 2 is 2.11 bits per heavy atom. The number of carbonyl (C=O) groups excluding carboxylic acids is 1. The highest BCUT2D eigenvalue weighted by Gasteiger charge is 2.29. The molecule has 0 radical (unpaired) electrons. The Labute approximate surface area is 169 Å². The SMILES string of the molecule is O=C(CSc1nnnn1-c1ccccc1)Nc1ccc2c(c1)N1CCN=C1S2. The highest BCUT2D eigenvalue weighted by Crippen LogP contribution is 2.43. The second-order valence-corrected chi connectivity index (χ2v) is 8.10. The van der Waals surface area contributed by atoms with Crippen LogP contribution in [0, 0.1) is 0 Å². The Bertz CT molecular complexity index is 1070. The lowest BCUT2D eigenvalue weighted by molar-refractivity contribution is -0.113. The molecule has 140 valence electrons. The first-order valence-corrected chi connectivity index (χ1v) is 10.5. The van der Waals surface area contributed by atoms with Crippen LogP contribution in [0.5, 0.6) is 0 Å². The van der Waals surface area contributed by atoms with E-state index in [-0.39, 0.29) is 11.7 Å². The Morgan fingerprint density at radius 3 is 3.00 bits per heavy atom. The van der Waals surface area contributed by atoms with E-state index in [2.05, 4.69) is 30.7 Å². The van der Waals surface area contributed by atoms with E-state index in [0.717, 1.165) is 35.3 Å². The van der Waals surface area contributed by atoms with Crippen molar-refractivity contribution in [3.8, 4) is 5.69 Å². The number of amides is 1. The Hall–Kier alpha value is -2.85. The normalized spacial score (nSPS) is 14.6. The van der Waals surface area contributed by atoms with Crippen LogP contribution in [0.4, 0.5) is 11.4 Å². The standard InChI is InChI=1S/C18H15N7OS2/c26-16(11-27-18-21-22-23-25(18)13-4-2-1-3-5-13)20-12-6-7-15-14(10-12)24-9-8-19-17(24)28-15/h1-7,10H,8-9,11H2,(H,20,26). The van der Waals surface area contributed by atoms with Crippen molar-refractivity contribution in [2.45, 2.75) is 10.1 Å². The van der Waals surface area contributed by atoms with Crippen LogP contribution in [0.3, 0.4) is 0 Å². The number of nitrogens with one attached hydrogen (secondary N) is 1. The molecule has 1 N–H and O–H groups in total. The van der Waals surface area contributed by atoms with Gasteiger partial charge < -0.3 is 10.2 Å². The lowest BCUT2D eigenvalue weighted by atomic mass is 10.2. The minimum atomic E-state index is -0.103. The van der Waals surface area contributed by atoms with Gasteiger partial charge in [0.1, 0.15) is 0 Å². The van der Waals surface area contributed by atoms with Gasteiger partial charge in [-0.05, 0) is 52.5 Å². The summed E-state index contributed by atoms with van der Waals surface area (Å²) in [6.45, 7) is 1.72. The zero-order chi connectivity index (χ0) is 18.9. The first kappa shape index (κ1) is 17.3. The van der Waals surface area contributed by atoms with Crippen molar-refractivity contribution >= 4 is 46.0 Å². The van der Waals surface area contributed by atoms with Crippen LogP contribution in [0.25, 0.3) is 5.69 Å². The second kappa shape index (κ2) is 7.28. The summed E-state index contributed by atoms with van der Waals surface area (Å²) in [7, 11) is 0.